The fourth-order valence-corrected chi connectivity index (χ4v) is 3.09. The molecule has 1 N–H and O–H groups in total. The maximum Gasteiger partial charge on any atom is 0.304 e. The van der Waals surface area contributed by atoms with E-state index in [-0.39, 0.29) is 31.0 Å². The quantitative estimate of drug-likeness (QED) is 0.799. The normalized spacial score (nSPS) is 26.4. The van der Waals surface area contributed by atoms with E-state index in [2.05, 4.69) is 0 Å². The zero-order chi connectivity index (χ0) is 14.5. The van der Waals surface area contributed by atoms with E-state index in [1.165, 1.54) is 6.42 Å². The van der Waals surface area contributed by atoms with Crippen LogP contribution in [-0.2, 0) is 14.3 Å². The Labute approximate surface area is 119 Å². The van der Waals surface area contributed by atoms with Crippen LogP contribution in [0.4, 0.5) is 0 Å². The molecule has 2 unspecified atom stereocenters. The summed E-state index contributed by atoms with van der Waals surface area (Å²) in [5.74, 6) is -0.735. The van der Waals surface area contributed by atoms with Crippen molar-refractivity contribution in [1.29, 1.82) is 0 Å². The molecule has 6 heteroatoms. The zero-order valence-corrected chi connectivity index (χ0v) is 12.1. The molecule has 2 aliphatic rings. The van der Waals surface area contributed by atoms with Crippen LogP contribution in [0, 0.1) is 0 Å². The molecule has 1 saturated heterocycles. The third kappa shape index (κ3) is 3.93. The Balaban J connectivity index is 1.85. The Bertz CT molecular complexity index is 359. The highest BCUT2D eigenvalue weighted by Gasteiger charge is 2.36. The van der Waals surface area contributed by atoms with Gasteiger partial charge in [0.1, 0.15) is 0 Å². The summed E-state index contributed by atoms with van der Waals surface area (Å²) in [5, 5.41) is 8.66. The highest BCUT2D eigenvalue weighted by Crippen LogP contribution is 2.28. The van der Waals surface area contributed by atoms with Gasteiger partial charge in [0.05, 0.1) is 31.7 Å². The number of carboxylic acids is 1. The fraction of sp³-hybridized carbons (Fsp3) is 0.857. The number of nitrogens with zero attached hydrogens (tertiary/aromatic N) is 2. The van der Waals surface area contributed by atoms with E-state index in [1.54, 1.807) is 11.9 Å². The summed E-state index contributed by atoms with van der Waals surface area (Å²) in [4.78, 5) is 26.7. The molecule has 114 valence electrons. The standard InChI is InChI=1S/C14H24N2O4/c1-15(7-6-14(18)19)10-13(17)16-8-9-20-12-5-3-2-4-11(12)16/h11-12H,2-10H2,1H3,(H,18,19). The van der Waals surface area contributed by atoms with Gasteiger partial charge >= 0.3 is 5.97 Å². The number of morpholine rings is 1. The summed E-state index contributed by atoms with van der Waals surface area (Å²) in [6.07, 6.45) is 4.67. The molecule has 1 saturated carbocycles. The Hall–Kier alpha value is -1.14. The predicted molar refractivity (Wildman–Crippen MR) is 73.5 cm³/mol. The smallest absolute Gasteiger partial charge is 0.304 e. The summed E-state index contributed by atoms with van der Waals surface area (Å²) in [6, 6.07) is 0.220. The van der Waals surface area contributed by atoms with Crippen LogP contribution >= 0.6 is 0 Å². The van der Waals surface area contributed by atoms with Crippen LogP contribution in [0.1, 0.15) is 32.1 Å². The summed E-state index contributed by atoms with van der Waals surface area (Å²) in [6.45, 7) is 1.97. The summed E-state index contributed by atoms with van der Waals surface area (Å²) < 4.78 is 5.76. The largest absolute Gasteiger partial charge is 0.481 e. The number of hydrogen-bond acceptors (Lipinski definition) is 4. The van der Waals surface area contributed by atoms with Crippen molar-refractivity contribution < 1.29 is 19.4 Å². The van der Waals surface area contributed by atoms with Crippen molar-refractivity contribution in [3.63, 3.8) is 0 Å². The number of aliphatic carboxylic acids is 1. The van der Waals surface area contributed by atoms with E-state index >= 15 is 0 Å². The number of carbonyl (C=O) groups excluding carboxylic acids is 1. The maximum absolute atomic E-state index is 12.4. The van der Waals surface area contributed by atoms with Crippen LogP contribution < -0.4 is 0 Å². The molecule has 1 aliphatic heterocycles. The molecule has 1 amide bonds. The number of fused-ring (bicyclic) bond motifs is 1. The van der Waals surface area contributed by atoms with Gasteiger partial charge in [-0.25, -0.2) is 0 Å². The first-order valence-electron chi connectivity index (χ1n) is 7.39. The number of amides is 1. The van der Waals surface area contributed by atoms with Gasteiger partial charge in [-0.1, -0.05) is 12.8 Å². The number of rotatable bonds is 5. The number of ether oxygens (including phenoxy) is 1. The maximum atomic E-state index is 12.4. The lowest BCUT2D eigenvalue weighted by Crippen LogP contribution is -2.56. The van der Waals surface area contributed by atoms with Gasteiger partial charge in [0, 0.05) is 13.1 Å². The molecule has 6 nitrogen and oxygen atoms in total. The Kier molecular flexibility index (Phi) is 5.37. The average molecular weight is 284 g/mol. The van der Waals surface area contributed by atoms with E-state index in [4.69, 9.17) is 9.84 Å². The lowest BCUT2D eigenvalue weighted by molar-refractivity contribution is -0.150. The van der Waals surface area contributed by atoms with E-state index in [0.717, 1.165) is 19.3 Å². The van der Waals surface area contributed by atoms with Crippen molar-refractivity contribution in [3.8, 4) is 0 Å². The summed E-state index contributed by atoms with van der Waals surface area (Å²) in [5.41, 5.74) is 0. The Morgan fingerprint density at radius 1 is 1.35 bits per heavy atom. The molecule has 0 spiro atoms. The summed E-state index contributed by atoms with van der Waals surface area (Å²) in [7, 11) is 1.79. The highest BCUT2D eigenvalue weighted by atomic mass is 16.5. The van der Waals surface area contributed by atoms with Gasteiger partial charge in [0.25, 0.3) is 0 Å². The van der Waals surface area contributed by atoms with Gasteiger partial charge < -0.3 is 14.7 Å². The van der Waals surface area contributed by atoms with E-state index in [1.807, 2.05) is 4.90 Å². The number of likely N-dealkylation sites (N-methyl/N-ethyl adjacent to an activating group) is 1. The minimum Gasteiger partial charge on any atom is -0.481 e. The fourth-order valence-electron chi connectivity index (χ4n) is 3.09. The lowest BCUT2D eigenvalue weighted by atomic mass is 9.90. The molecule has 2 fully saturated rings. The van der Waals surface area contributed by atoms with Gasteiger partial charge in [-0.15, -0.1) is 0 Å². The van der Waals surface area contributed by atoms with Crippen molar-refractivity contribution in [3.05, 3.63) is 0 Å². The van der Waals surface area contributed by atoms with E-state index in [0.29, 0.717) is 19.7 Å². The van der Waals surface area contributed by atoms with E-state index < -0.39 is 5.97 Å². The van der Waals surface area contributed by atoms with E-state index in [9.17, 15) is 9.59 Å². The van der Waals surface area contributed by atoms with Crippen molar-refractivity contribution in [1.82, 2.24) is 9.80 Å². The molecule has 20 heavy (non-hydrogen) atoms. The molecule has 2 rings (SSSR count). The van der Waals surface area contributed by atoms with Gasteiger partial charge in [0.15, 0.2) is 0 Å². The van der Waals surface area contributed by atoms with Gasteiger partial charge in [-0.05, 0) is 19.9 Å². The monoisotopic (exact) mass is 284 g/mol. The molecule has 0 aromatic heterocycles. The highest BCUT2D eigenvalue weighted by molar-refractivity contribution is 5.79. The molecule has 0 aromatic carbocycles. The lowest BCUT2D eigenvalue weighted by Gasteiger charge is -2.44. The van der Waals surface area contributed by atoms with Gasteiger partial charge in [-0.3, -0.25) is 14.5 Å². The van der Waals surface area contributed by atoms with Crippen molar-refractivity contribution in [2.45, 2.75) is 44.2 Å². The van der Waals surface area contributed by atoms with Crippen LogP contribution in [0.2, 0.25) is 0 Å². The third-order valence-corrected chi connectivity index (χ3v) is 4.17. The summed E-state index contributed by atoms with van der Waals surface area (Å²) >= 11 is 0. The Morgan fingerprint density at radius 2 is 2.10 bits per heavy atom. The minimum absolute atomic E-state index is 0.0684. The first-order valence-corrected chi connectivity index (χ1v) is 7.39. The third-order valence-electron chi connectivity index (χ3n) is 4.17. The predicted octanol–water partition coefficient (Wildman–Crippen LogP) is 0.563. The molecule has 0 bridgehead atoms. The average Bonchev–Trinajstić information content (AvgIpc) is 2.44. The Morgan fingerprint density at radius 3 is 2.85 bits per heavy atom. The van der Waals surface area contributed by atoms with Crippen molar-refractivity contribution in [2.24, 2.45) is 0 Å². The number of hydrogen-bond donors (Lipinski definition) is 1. The number of carboxylic acid groups (broad SMARTS) is 1. The van der Waals surface area contributed by atoms with Crippen molar-refractivity contribution >= 4 is 11.9 Å². The van der Waals surface area contributed by atoms with Gasteiger partial charge in [-0.2, -0.15) is 0 Å². The molecule has 0 radical (unpaired) electrons. The molecule has 1 aliphatic carbocycles. The van der Waals surface area contributed by atoms with Crippen LogP contribution in [0.5, 0.6) is 0 Å². The van der Waals surface area contributed by atoms with Crippen molar-refractivity contribution in [2.75, 3.05) is 33.3 Å². The first kappa shape index (κ1) is 15.3. The van der Waals surface area contributed by atoms with Crippen LogP contribution in [-0.4, -0.2) is 72.2 Å². The second-order valence-electron chi connectivity index (χ2n) is 5.73. The molecule has 2 atom stereocenters. The number of carbonyl (C=O) groups is 2. The second kappa shape index (κ2) is 7.04. The van der Waals surface area contributed by atoms with Crippen LogP contribution in [0.3, 0.4) is 0 Å². The second-order valence-corrected chi connectivity index (χ2v) is 5.73. The first-order chi connectivity index (χ1) is 9.58. The molecular formula is C14H24N2O4. The van der Waals surface area contributed by atoms with Gasteiger partial charge in [0.2, 0.25) is 5.91 Å². The molecular weight excluding hydrogens is 260 g/mol. The zero-order valence-electron chi connectivity index (χ0n) is 12.1. The van der Waals surface area contributed by atoms with Crippen LogP contribution in [0.25, 0.3) is 0 Å². The SMILES string of the molecule is CN(CCC(=O)O)CC(=O)N1CCOC2CCCCC21. The minimum atomic E-state index is -0.831. The van der Waals surface area contributed by atoms with Crippen LogP contribution in [0.15, 0.2) is 0 Å². The molecule has 1 heterocycles. The molecule has 0 aromatic rings. The topological polar surface area (TPSA) is 70.1 Å².